The first-order valence-corrected chi connectivity index (χ1v) is 12.5. The lowest BCUT2D eigenvalue weighted by atomic mass is 10.0. The maximum Gasteiger partial charge on any atom is 0.354 e. The number of benzene rings is 1. The molecule has 0 unspecified atom stereocenters. The number of hydrogen-bond donors (Lipinski definition) is 4. The summed E-state index contributed by atoms with van der Waals surface area (Å²) >= 11 is 5.94. The Morgan fingerprint density at radius 2 is 1.46 bits per heavy atom. The molecule has 5 aromatic heterocycles. The number of H-pyrrole nitrogens is 3. The molecule has 1 aromatic carbocycles. The summed E-state index contributed by atoms with van der Waals surface area (Å²) in [6.45, 7) is 4.20. The fourth-order valence-corrected chi connectivity index (χ4v) is 4.31. The zero-order chi connectivity index (χ0) is 27.5. The first-order chi connectivity index (χ1) is 18.9. The summed E-state index contributed by atoms with van der Waals surface area (Å²) in [6.07, 6.45) is 3.28. The molecule has 0 radical (unpaired) electrons. The quantitative estimate of drug-likeness (QED) is 0.213. The molecule has 11 nitrogen and oxygen atoms in total. The second kappa shape index (κ2) is 10.8. The minimum absolute atomic E-state index is 0.324. The number of hydrogen-bond acceptors (Lipinski definition) is 8. The zero-order valence-corrected chi connectivity index (χ0v) is 21.8. The number of nitrogens with two attached hydrogens (primary N) is 1. The SMILES string of the molecule is CCOC(=O)c1cc2c(-c3ccc4[nH]nc(N)c4c3)ccnc2[nH]1.CCOC(=O)c1cc2c(Cl)ccnc2[nH]1. The van der Waals surface area contributed by atoms with Crippen molar-refractivity contribution < 1.29 is 19.1 Å². The number of halogens is 1. The highest BCUT2D eigenvalue weighted by Gasteiger charge is 2.15. The number of anilines is 1. The Morgan fingerprint density at radius 1 is 0.846 bits per heavy atom. The van der Waals surface area contributed by atoms with Gasteiger partial charge in [0.25, 0.3) is 0 Å². The predicted molar refractivity (Wildman–Crippen MR) is 149 cm³/mol. The molecule has 0 spiro atoms. The van der Waals surface area contributed by atoms with E-state index in [-0.39, 0.29) is 0 Å². The summed E-state index contributed by atoms with van der Waals surface area (Å²) in [5, 5.41) is 9.89. The largest absolute Gasteiger partial charge is 0.461 e. The third-order valence-corrected chi connectivity index (χ3v) is 6.23. The van der Waals surface area contributed by atoms with Crippen LogP contribution in [0.25, 0.3) is 44.1 Å². The molecule has 198 valence electrons. The Morgan fingerprint density at radius 3 is 2.10 bits per heavy atom. The van der Waals surface area contributed by atoms with Crippen LogP contribution in [0.5, 0.6) is 0 Å². The van der Waals surface area contributed by atoms with E-state index >= 15 is 0 Å². The molecule has 12 heteroatoms. The van der Waals surface area contributed by atoms with Crippen molar-refractivity contribution in [2.75, 3.05) is 18.9 Å². The Hall–Kier alpha value is -4.90. The van der Waals surface area contributed by atoms with Crippen molar-refractivity contribution >= 4 is 62.3 Å². The van der Waals surface area contributed by atoms with Crippen molar-refractivity contribution in [3.63, 3.8) is 0 Å². The highest BCUT2D eigenvalue weighted by molar-refractivity contribution is 6.35. The number of fused-ring (bicyclic) bond motifs is 3. The summed E-state index contributed by atoms with van der Waals surface area (Å²) < 4.78 is 9.90. The number of carbonyl (C=O) groups excluding carboxylic acids is 2. The second-order valence-corrected chi connectivity index (χ2v) is 8.76. The summed E-state index contributed by atoms with van der Waals surface area (Å²) in [4.78, 5) is 37.5. The van der Waals surface area contributed by atoms with Crippen LogP contribution in [-0.4, -0.2) is 55.3 Å². The first-order valence-electron chi connectivity index (χ1n) is 12.1. The lowest BCUT2D eigenvalue weighted by Gasteiger charge is -2.03. The fourth-order valence-electron chi connectivity index (χ4n) is 4.11. The molecular weight excluding hydrogens is 522 g/mol. The normalized spacial score (nSPS) is 10.9. The molecule has 0 aliphatic rings. The van der Waals surface area contributed by atoms with E-state index in [1.807, 2.05) is 24.3 Å². The highest BCUT2D eigenvalue weighted by Crippen LogP contribution is 2.31. The van der Waals surface area contributed by atoms with Crippen molar-refractivity contribution in [2.24, 2.45) is 0 Å². The van der Waals surface area contributed by atoms with Gasteiger partial charge in [-0.2, -0.15) is 5.10 Å². The van der Waals surface area contributed by atoms with E-state index in [1.54, 1.807) is 44.4 Å². The number of aromatic nitrogens is 6. The van der Waals surface area contributed by atoms with Crippen molar-refractivity contribution in [1.82, 2.24) is 30.1 Å². The van der Waals surface area contributed by atoms with Gasteiger partial charge < -0.3 is 25.2 Å². The molecule has 0 aliphatic heterocycles. The molecule has 0 fully saturated rings. The average Bonchev–Trinajstić information content (AvgIpc) is 3.66. The zero-order valence-electron chi connectivity index (χ0n) is 21.0. The molecule has 0 bridgehead atoms. The van der Waals surface area contributed by atoms with E-state index in [0.717, 1.165) is 32.8 Å². The van der Waals surface area contributed by atoms with E-state index < -0.39 is 11.9 Å². The number of esters is 2. The van der Waals surface area contributed by atoms with Gasteiger partial charge in [-0.05, 0) is 61.4 Å². The van der Waals surface area contributed by atoms with Gasteiger partial charge in [0, 0.05) is 28.6 Å². The number of aromatic amines is 3. The molecule has 5 N–H and O–H groups in total. The second-order valence-electron chi connectivity index (χ2n) is 8.35. The Kier molecular flexibility index (Phi) is 7.15. The molecule has 39 heavy (non-hydrogen) atoms. The minimum atomic E-state index is -0.397. The van der Waals surface area contributed by atoms with Gasteiger partial charge in [-0.15, -0.1) is 0 Å². The maximum absolute atomic E-state index is 11.9. The van der Waals surface area contributed by atoms with Crippen LogP contribution in [0.2, 0.25) is 5.02 Å². The fraction of sp³-hybridized carbons (Fsp3) is 0.148. The number of carbonyl (C=O) groups is 2. The van der Waals surface area contributed by atoms with Crippen LogP contribution in [0.3, 0.4) is 0 Å². The van der Waals surface area contributed by atoms with E-state index in [2.05, 4.69) is 30.1 Å². The van der Waals surface area contributed by atoms with Gasteiger partial charge in [-0.1, -0.05) is 17.7 Å². The van der Waals surface area contributed by atoms with Crippen LogP contribution in [0.15, 0.2) is 54.9 Å². The first kappa shape index (κ1) is 25.7. The molecule has 0 atom stereocenters. The van der Waals surface area contributed by atoms with E-state index in [9.17, 15) is 9.59 Å². The average molecular weight is 546 g/mol. The Balaban J connectivity index is 0.000000177. The predicted octanol–water partition coefficient (Wildman–Crippen LogP) is 5.26. The molecule has 0 saturated carbocycles. The van der Waals surface area contributed by atoms with E-state index in [0.29, 0.717) is 46.7 Å². The van der Waals surface area contributed by atoms with Gasteiger partial charge in [-0.25, -0.2) is 19.6 Å². The summed E-state index contributed by atoms with van der Waals surface area (Å²) in [5.41, 5.74) is 10.7. The van der Waals surface area contributed by atoms with Crippen LogP contribution in [0, 0.1) is 0 Å². The Labute approximate surface area is 226 Å². The van der Waals surface area contributed by atoms with Crippen molar-refractivity contribution in [2.45, 2.75) is 13.8 Å². The molecule has 6 rings (SSSR count). The number of nitrogens with one attached hydrogen (secondary N) is 3. The van der Waals surface area contributed by atoms with E-state index in [4.69, 9.17) is 26.8 Å². The van der Waals surface area contributed by atoms with Gasteiger partial charge >= 0.3 is 11.9 Å². The van der Waals surface area contributed by atoms with Gasteiger partial charge in [0.05, 0.1) is 23.8 Å². The third-order valence-electron chi connectivity index (χ3n) is 5.90. The molecular formula is C27H24ClN7O4. The van der Waals surface area contributed by atoms with Gasteiger partial charge in [-0.3, -0.25) is 5.10 Å². The lowest BCUT2D eigenvalue weighted by molar-refractivity contribution is 0.0511. The van der Waals surface area contributed by atoms with Gasteiger partial charge in [0.2, 0.25) is 0 Å². The molecule has 0 aliphatic carbocycles. The van der Waals surface area contributed by atoms with Crippen LogP contribution in [0.4, 0.5) is 5.82 Å². The van der Waals surface area contributed by atoms with Crippen LogP contribution < -0.4 is 5.73 Å². The van der Waals surface area contributed by atoms with Gasteiger partial charge in [0.1, 0.15) is 22.7 Å². The molecule has 0 amide bonds. The van der Waals surface area contributed by atoms with Crippen molar-refractivity contribution in [1.29, 1.82) is 0 Å². The highest BCUT2D eigenvalue weighted by atomic mass is 35.5. The topological polar surface area (TPSA) is 165 Å². The summed E-state index contributed by atoms with van der Waals surface area (Å²) in [6, 6.07) is 12.9. The van der Waals surface area contributed by atoms with Gasteiger partial charge in [0.15, 0.2) is 5.82 Å². The van der Waals surface area contributed by atoms with Crippen LogP contribution >= 0.6 is 11.6 Å². The smallest absolute Gasteiger partial charge is 0.354 e. The molecule has 6 aromatic rings. The molecule has 0 saturated heterocycles. The van der Waals surface area contributed by atoms with Crippen LogP contribution in [-0.2, 0) is 9.47 Å². The standard InChI is InChI=1S/C17H15N5O2.C10H9ClN2O2/c1-2-24-17(23)14-8-11-10(5-6-19-16(11)20-14)9-3-4-13-12(7-9)15(18)22-21-13;1-2-15-10(14)8-5-6-7(11)3-4-12-9(6)13-8/h3-8H,2H2,1H3,(H,19,20)(H3,18,21,22);3-5H,2H2,1H3,(H,12,13). The summed E-state index contributed by atoms with van der Waals surface area (Å²) in [5.74, 6) is -0.332. The number of nitrogen functional groups attached to an aromatic ring is 1. The summed E-state index contributed by atoms with van der Waals surface area (Å²) in [7, 11) is 0. The van der Waals surface area contributed by atoms with Crippen LogP contribution in [0.1, 0.15) is 34.8 Å². The lowest BCUT2D eigenvalue weighted by Crippen LogP contribution is -2.04. The van der Waals surface area contributed by atoms with Crippen molar-refractivity contribution in [3.05, 3.63) is 71.3 Å². The monoisotopic (exact) mass is 545 g/mol. The number of rotatable bonds is 5. The van der Waals surface area contributed by atoms with E-state index in [1.165, 1.54) is 0 Å². The Bertz CT molecular complexity index is 1820. The maximum atomic E-state index is 11.9. The number of nitrogens with zero attached hydrogens (tertiary/aromatic N) is 3. The number of ether oxygens (including phenoxy) is 2. The van der Waals surface area contributed by atoms with Crippen molar-refractivity contribution in [3.8, 4) is 11.1 Å². The number of pyridine rings is 2. The minimum Gasteiger partial charge on any atom is -0.461 e. The molecule has 5 heterocycles. The third kappa shape index (κ3) is 5.12.